The van der Waals surface area contributed by atoms with Gasteiger partial charge >= 0.3 is 0 Å². The number of anilines is 1. The monoisotopic (exact) mass is 334 g/mol. The molecule has 0 heterocycles. The van der Waals surface area contributed by atoms with Crippen LogP contribution in [0.15, 0.2) is 53.6 Å². The molecule has 0 fully saturated rings. The largest absolute Gasteiger partial charge is 0.330 e. The number of benzene rings is 2. The topological polar surface area (TPSA) is 79.6 Å². The summed E-state index contributed by atoms with van der Waals surface area (Å²) in [4.78, 5) is 10.4. The Bertz CT molecular complexity index is 736. The van der Waals surface area contributed by atoms with Gasteiger partial charge in [0.2, 0.25) is 0 Å². The first-order chi connectivity index (χ1) is 10.6. The number of hydrazone groups is 1. The smallest absolute Gasteiger partial charge is 0.278 e. The Labute approximate surface area is 136 Å². The SMILES string of the molecule is O=[N+]([O-])c1ccccc1/C=N\NC(=S)Nc1ccccc1Cl. The van der Waals surface area contributed by atoms with Crippen LogP contribution in [-0.2, 0) is 0 Å². The summed E-state index contributed by atoms with van der Waals surface area (Å²) < 4.78 is 0. The number of para-hydroxylation sites is 2. The zero-order valence-electron chi connectivity index (χ0n) is 11.2. The zero-order chi connectivity index (χ0) is 15.9. The maximum Gasteiger partial charge on any atom is 0.278 e. The number of nitro groups is 1. The third kappa shape index (κ3) is 4.24. The van der Waals surface area contributed by atoms with Crippen molar-refractivity contribution in [1.82, 2.24) is 5.43 Å². The lowest BCUT2D eigenvalue weighted by Crippen LogP contribution is -2.24. The van der Waals surface area contributed by atoms with E-state index >= 15 is 0 Å². The number of hydrogen-bond acceptors (Lipinski definition) is 4. The number of nitro benzene ring substituents is 1. The lowest BCUT2D eigenvalue weighted by molar-refractivity contribution is -0.385. The molecule has 2 rings (SSSR count). The molecule has 0 aliphatic rings. The van der Waals surface area contributed by atoms with Gasteiger partial charge in [-0.3, -0.25) is 15.5 Å². The second kappa shape index (κ2) is 7.48. The molecule has 2 aromatic carbocycles. The van der Waals surface area contributed by atoms with Gasteiger partial charge in [-0.15, -0.1) is 0 Å². The Morgan fingerprint density at radius 3 is 2.64 bits per heavy atom. The highest BCUT2D eigenvalue weighted by Crippen LogP contribution is 2.20. The molecule has 0 amide bonds. The van der Waals surface area contributed by atoms with Crippen LogP contribution in [0.25, 0.3) is 0 Å². The predicted octanol–water partition coefficient (Wildman–Crippen LogP) is 3.57. The number of nitrogens with zero attached hydrogens (tertiary/aromatic N) is 2. The summed E-state index contributed by atoms with van der Waals surface area (Å²) in [5.41, 5.74) is 3.57. The third-order valence-electron chi connectivity index (χ3n) is 2.63. The molecule has 0 saturated carbocycles. The van der Waals surface area contributed by atoms with Crippen molar-refractivity contribution >= 4 is 46.5 Å². The molecule has 0 saturated heterocycles. The van der Waals surface area contributed by atoms with Crippen LogP contribution in [0.5, 0.6) is 0 Å². The third-order valence-corrected chi connectivity index (χ3v) is 3.15. The first-order valence-corrected chi connectivity index (χ1v) is 6.94. The molecule has 0 aromatic heterocycles. The molecular formula is C14H11ClN4O2S. The summed E-state index contributed by atoms with van der Waals surface area (Å²) >= 11 is 11.1. The first kappa shape index (κ1) is 15.9. The molecule has 0 unspecified atom stereocenters. The van der Waals surface area contributed by atoms with Crippen molar-refractivity contribution in [2.75, 3.05) is 5.32 Å². The van der Waals surface area contributed by atoms with Gasteiger partial charge in [-0.25, -0.2) is 0 Å². The summed E-state index contributed by atoms with van der Waals surface area (Å²) in [5, 5.41) is 18.4. The van der Waals surface area contributed by atoms with Gasteiger partial charge in [0.05, 0.1) is 27.4 Å². The normalized spacial score (nSPS) is 10.4. The average Bonchev–Trinajstić information content (AvgIpc) is 2.50. The van der Waals surface area contributed by atoms with Crippen LogP contribution in [-0.4, -0.2) is 16.3 Å². The van der Waals surface area contributed by atoms with E-state index in [9.17, 15) is 10.1 Å². The number of nitrogens with one attached hydrogen (secondary N) is 2. The van der Waals surface area contributed by atoms with Gasteiger partial charge in [-0.1, -0.05) is 35.9 Å². The van der Waals surface area contributed by atoms with Crippen molar-refractivity contribution in [2.24, 2.45) is 5.10 Å². The maximum absolute atomic E-state index is 10.9. The average molecular weight is 335 g/mol. The molecule has 0 radical (unpaired) electrons. The highest BCUT2D eigenvalue weighted by atomic mass is 35.5. The van der Waals surface area contributed by atoms with Crippen LogP contribution in [0.3, 0.4) is 0 Å². The van der Waals surface area contributed by atoms with Gasteiger partial charge in [0.15, 0.2) is 5.11 Å². The predicted molar refractivity (Wildman–Crippen MR) is 91.5 cm³/mol. The molecule has 0 aliphatic carbocycles. The number of hydrogen-bond donors (Lipinski definition) is 2. The maximum atomic E-state index is 10.9. The first-order valence-electron chi connectivity index (χ1n) is 6.16. The minimum Gasteiger partial charge on any atom is -0.330 e. The van der Waals surface area contributed by atoms with Gasteiger partial charge in [-0.05, 0) is 30.4 Å². The van der Waals surface area contributed by atoms with Crippen molar-refractivity contribution in [1.29, 1.82) is 0 Å². The standard InChI is InChI=1S/C14H11ClN4O2S/c15-11-6-2-3-7-12(11)17-14(22)18-16-9-10-5-1-4-8-13(10)19(20)21/h1-9H,(H2,17,18,22)/b16-9-. The van der Waals surface area contributed by atoms with E-state index in [1.54, 1.807) is 36.4 Å². The fourth-order valence-electron chi connectivity index (χ4n) is 1.64. The van der Waals surface area contributed by atoms with Gasteiger partial charge in [0.1, 0.15) is 0 Å². The van der Waals surface area contributed by atoms with E-state index in [0.29, 0.717) is 16.3 Å². The number of rotatable bonds is 4. The fourth-order valence-corrected chi connectivity index (χ4v) is 1.98. The van der Waals surface area contributed by atoms with E-state index in [4.69, 9.17) is 23.8 Å². The van der Waals surface area contributed by atoms with Gasteiger partial charge in [0, 0.05) is 6.07 Å². The summed E-state index contributed by atoms with van der Waals surface area (Å²) in [6.45, 7) is 0. The Balaban J connectivity index is 2.00. The summed E-state index contributed by atoms with van der Waals surface area (Å²) in [7, 11) is 0. The van der Waals surface area contributed by atoms with E-state index in [-0.39, 0.29) is 10.8 Å². The number of thiocarbonyl (C=S) groups is 1. The van der Waals surface area contributed by atoms with E-state index in [0.717, 1.165) is 0 Å². The van der Waals surface area contributed by atoms with Crippen LogP contribution in [0.1, 0.15) is 5.56 Å². The molecule has 0 bridgehead atoms. The van der Waals surface area contributed by atoms with E-state index < -0.39 is 4.92 Å². The quantitative estimate of drug-likeness (QED) is 0.387. The van der Waals surface area contributed by atoms with Crippen molar-refractivity contribution < 1.29 is 4.92 Å². The zero-order valence-corrected chi connectivity index (χ0v) is 12.8. The summed E-state index contributed by atoms with van der Waals surface area (Å²) in [6, 6.07) is 13.4. The molecule has 22 heavy (non-hydrogen) atoms. The van der Waals surface area contributed by atoms with Gasteiger partial charge in [0.25, 0.3) is 5.69 Å². The van der Waals surface area contributed by atoms with Crippen molar-refractivity contribution in [3.63, 3.8) is 0 Å². The van der Waals surface area contributed by atoms with Crippen molar-refractivity contribution in [3.05, 3.63) is 69.2 Å². The molecule has 2 N–H and O–H groups in total. The molecule has 112 valence electrons. The Morgan fingerprint density at radius 2 is 1.91 bits per heavy atom. The molecule has 6 nitrogen and oxygen atoms in total. The molecular weight excluding hydrogens is 324 g/mol. The van der Waals surface area contributed by atoms with E-state index in [1.165, 1.54) is 12.3 Å². The molecule has 0 atom stereocenters. The second-order valence-corrected chi connectivity index (χ2v) is 4.94. The minimum absolute atomic E-state index is 0.0296. The lowest BCUT2D eigenvalue weighted by atomic mass is 10.2. The Hall–Kier alpha value is -2.51. The summed E-state index contributed by atoms with van der Waals surface area (Å²) in [5.74, 6) is 0. The summed E-state index contributed by atoms with van der Waals surface area (Å²) in [6.07, 6.45) is 1.33. The van der Waals surface area contributed by atoms with Gasteiger partial charge < -0.3 is 5.32 Å². The molecule has 8 heteroatoms. The van der Waals surface area contributed by atoms with Gasteiger partial charge in [-0.2, -0.15) is 5.10 Å². The van der Waals surface area contributed by atoms with Crippen LogP contribution >= 0.6 is 23.8 Å². The van der Waals surface area contributed by atoms with Crippen molar-refractivity contribution in [3.8, 4) is 0 Å². The fraction of sp³-hybridized carbons (Fsp3) is 0. The highest BCUT2D eigenvalue weighted by Gasteiger charge is 2.09. The highest BCUT2D eigenvalue weighted by molar-refractivity contribution is 7.80. The van der Waals surface area contributed by atoms with Crippen molar-refractivity contribution in [2.45, 2.75) is 0 Å². The Morgan fingerprint density at radius 1 is 1.23 bits per heavy atom. The second-order valence-electron chi connectivity index (χ2n) is 4.12. The lowest BCUT2D eigenvalue weighted by Gasteiger charge is -2.08. The van der Waals surface area contributed by atoms with E-state index in [2.05, 4.69) is 15.8 Å². The van der Waals surface area contributed by atoms with Crippen LogP contribution in [0.2, 0.25) is 5.02 Å². The van der Waals surface area contributed by atoms with Crippen LogP contribution < -0.4 is 10.7 Å². The molecule has 0 aliphatic heterocycles. The molecule has 2 aromatic rings. The van der Waals surface area contributed by atoms with Crippen LogP contribution in [0.4, 0.5) is 11.4 Å². The number of halogens is 1. The van der Waals surface area contributed by atoms with Crippen LogP contribution in [0, 0.1) is 10.1 Å². The molecule has 0 spiro atoms. The Kier molecular flexibility index (Phi) is 5.40. The minimum atomic E-state index is -0.471. The van der Waals surface area contributed by atoms with E-state index in [1.807, 2.05) is 6.07 Å².